The van der Waals surface area contributed by atoms with Crippen LogP contribution in [-0.4, -0.2) is 47.3 Å². The number of hydrogen-bond acceptors (Lipinski definition) is 7. The van der Waals surface area contributed by atoms with E-state index in [0.29, 0.717) is 22.4 Å². The van der Waals surface area contributed by atoms with E-state index in [2.05, 4.69) is 31.9 Å². The van der Waals surface area contributed by atoms with E-state index < -0.39 is 0 Å². The summed E-state index contributed by atoms with van der Waals surface area (Å²) in [5.74, 6) is 1.78. The van der Waals surface area contributed by atoms with Gasteiger partial charge in [-0.1, -0.05) is 17.7 Å². The third-order valence-corrected chi connectivity index (χ3v) is 8.19. The van der Waals surface area contributed by atoms with Gasteiger partial charge in [0.15, 0.2) is 6.61 Å². The lowest BCUT2D eigenvalue weighted by Gasteiger charge is -2.18. The molecule has 1 amide bonds. The molecule has 2 aliphatic heterocycles. The third kappa shape index (κ3) is 3.51. The van der Waals surface area contributed by atoms with Gasteiger partial charge in [0.05, 0.1) is 28.8 Å². The van der Waals surface area contributed by atoms with Crippen molar-refractivity contribution in [2.45, 2.75) is 25.3 Å². The summed E-state index contributed by atoms with van der Waals surface area (Å²) in [6.07, 6.45) is 2.51. The lowest BCUT2D eigenvalue weighted by atomic mass is 10.0. The molecule has 1 saturated carbocycles. The molecular weight excluding hydrogens is 532 g/mol. The molecule has 5 heterocycles. The normalized spacial score (nSPS) is 20.4. The largest absolute Gasteiger partial charge is 0.482 e. The van der Waals surface area contributed by atoms with E-state index in [4.69, 9.17) is 21.3 Å². The number of benzene rings is 2. The Kier molecular flexibility index (Phi) is 4.84. The first-order valence-corrected chi connectivity index (χ1v) is 13.3. The van der Waals surface area contributed by atoms with E-state index in [1.807, 2.05) is 41.8 Å². The summed E-state index contributed by atoms with van der Waals surface area (Å²) in [6, 6.07) is 14.6. The van der Waals surface area contributed by atoms with Crippen molar-refractivity contribution in [3.8, 4) is 33.8 Å². The molecule has 8 rings (SSSR count). The van der Waals surface area contributed by atoms with Crippen LogP contribution in [-0.2, 0) is 4.79 Å². The number of halogens is 1. The maximum absolute atomic E-state index is 13.7. The summed E-state index contributed by atoms with van der Waals surface area (Å²) in [5, 5.41) is 14.9. The van der Waals surface area contributed by atoms with Crippen molar-refractivity contribution < 1.29 is 9.53 Å². The van der Waals surface area contributed by atoms with E-state index in [0.717, 1.165) is 51.7 Å². The first kappa shape index (κ1) is 23.1. The zero-order valence-electron chi connectivity index (χ0n) is 21.1. The van der Waals surface area contributed by atoms with E-state index in [1.165, 1.54) is 6.33 Å². The lowest BCUT2D eigenvalue weighted by molar-refractivity contribution is -0.118. The summed E-state index contributed by atoms with van der Waals surface area (Å²) in [7, 11) is 0. The van der Waals surface area contributed by atoms with Crippen LogP contribution in [0.4, 0.5) is 5.69 Å². The van der Waals surface area contributed by atoms with Gasteiger partial charge in [0.1, 0.15) is 17.9 Å². The molecule has 40 heavy (non-hydrogen) atoms. The van der Waals surface area contributed by atoms with Gasteiger partial charge < -0.3 is 19.6 Å². The summed E-state index contributed by atoms with van der Waals surface area (Å²) in [6.45, 7) is 1.94. The van der Waals surface area contributed by atoms with Gasteiger partial charge in [-0.2, -0.15) is 4.68 Å². The van der Waals surface area contributed by atoms with Crippen molar-refractivity contribution in [1.82, 2.24) is 34.7 Å². The molecule has 12 heteroatoms. The first-order chi connectivity index (χ1) is 19.4. The predicted molar refractivity (Wildman–Crippen MR) is 146 cm³/mol. The summed E-state index contributed by atoms with van der Waals surface area (Å²) in [5.41, 5.74) is 6.42. The van der Waals surface area contributed by atoms with Crippen LogP contribution in [0, 0.1) is 12.8 Å². The van der Waals surface area contributed by atoms with Gasteiger partial charge in [-0.25, -0.2) is 4.98 Å². The number of aryl methyl sites for hydroxylation is 1. The highest BCUT2D eigenvalue weighted by Gasteiger charge is 2.54. The third-order valence-electron chi connectivity index (χ3n) is 7.95. The van der Waals surface area contributed by atoms with Gasteiger partial charge >= 0.3 is 0 Å². The van der Waals surface area contributed by atoms with E-state index in [9.17, 15) is 9.59 Å². The topological polar surface area (TPSA) is 133 Å². The van der Waals surface area contributed by atoms with Crippen LogP contribution >= 0.6 is 11.6 Å². The van der Waals surface area contributed by atoms with Crippen LogP contribution in [0.25, 0.3) is 28.1 Å². The van der Waals surface area contributed by atoms with Gasteiger partial charge in [0, 0.05) is 33.8 Å². The maximum Gasteiger partial charge on any atom is 0.262 e. The number of aromatic nitrogens is 7. The fourth-order valence-electron chi connectivity index (χ4n) is 6.10. The lowest BCUT2D eigenvalue weighted by Crippen LogP contribution is -2.26. The molecule has 0 bridgehead atoms. The Labute approximate surface area is 231 Å². The number of amides is 1. The Bertz CT molecular complexity index is 1910. The molecule has 3 unspecified atom stereocenters. The van der Waals surface area contributed by atoms with E-state index >= 15 is 0 Å². The van der Waals surface area contributed by atoms with Crippen molar-refractivity contribution in [3.63, 3.8) is 0 Å². The fourth-order valence-corrected chi connectivity index (χ4v) is 6.28. The number of aromatic amines is 1. The molecule has 0 saturated heterocycles. The smallest absolute Gasteiger partial charge is 0.262 e. The Morgan fingerprint density at radius 2 is 1.98 bits per heavy atom. The van der Waals surface area contributed by atoms with Crippen molar-refractivity contribution in [1.29, 1.82) is 0 Å². The van der Waals surface area contributed by atoms with Gasteiger partial charge in [-0.3, -0.25) is 9.59 Å². The summed E-state index contributed by atoms with van der Waals surface area (Å²) in [4.78, 5) is 33.7. The van der Waals surface area contributed by atoms with Gasteiger partial charge in [-0.05, 0) is 71.7 Å². The van der Waals surface area contributed by atoms with E-state index in [1.54, 1.807) is 16.8 Å². The Morgan fingerprint density at radius 3 is 2.83 bits per heavy atom. The Morgan fingerprint density at radius 1 is 1.07 bits per heavy atom. The minimum Gasteiger partial charge on any atom is -0.482 e. The number of fused-ring (bicyclic) bond motifs is 4. The molecule has 1 aliphatic carbocycles. The fraction of sp³-hybridized carbons (Fsp3) is 0.214. The molecule has 0 radical (unpaired) electrons. The second-order valence-electron chi connectivity index (χ2n) is 10.4. The molecular formula is C28H21ClN8O3. The second-order valence-corrected chi connectivity index (χ2v) is 10.8. The standard InChI is InChI=1S/C28H21ClN8O3/c1-13-26(14-2-4-20-23(7-14)40-11-24(38)32-20)33-28(31-13)27-19-10-18(19)22-6-15(8-25(39)37(22)27)17-9-16(29)3-5-21(17)36-12-30-34-35-36/h2-9,12,18-19,27H,10-11H2,1H3,(H,31,33)(H,32,38). The van der Waals surface area contributed by atoms with Crippen molar-refractivity contribution in [2.24, 2.45) is 5.92 Å². The number of rotatable bonds is 4. The highest BCUT2D eigenvalue weighted by molar-refractivity contribution is 6.31. The van der Waals surface area contributed by atoms with Crippen LogP contribution in [0.5, 0.6) is 5.75 Å². The number of pyridine rings is 1. The number of hydrogen-bond donors (Lipinski definition) is 2. The number of H-pyrrole nitrogens is 1. The molecule has 3 atom stereocenters. The number of imidazole rings is 1. The summed E-state index contributed by atoms with van der Waals surface area (Å²) >= 11 is 6.36. The van der Waals surface area contributed by atoms with Crippen LogP contribution in [0.15, 0.2) is 59.7 Å². The minimum atomic E-state index is -0.180. The van der Waals surface area contributed by atoms with E-state index in [-0.39, 0.29) is 30.0 Å². The molecule has 3 aliphatic rings. The average Bonchev–Trinajstić information content (AvgIpc) is 3.24. The monoisotopic (exact) mass is 552 g/mol. The van der Waals surface area contributed by atoms with Crippen LogP contribution in [0.1, 0.15) is 35.6 Å². The quantitative estimate of drug-likeness (QED) is 0.346. The number of carbonyl (C=O) groups excluding carboxylic acids is 1. The minimum absolute atomic E-state index is 0.0110. The molecule has 11 nitrogen and oxygen atoms in total. The zero-order chi connectivity index (χ0) is 27.1. The molecule has 198 valence electrons. The average molecular weight is 553 g/mol. The van der Waals surface area contributed by atoms with Gasteiger partial charge in [0.2, 0.25) is 0 Å². The Balaban J connectivity index is 1.19. The van der Waals surface area contributed by atoms with Crippen molar-refractivity contribution in [2.75, 3.05) is 11.9 Å². The molecule has 0 spiro atoms. The van der Waals surface area contributed by atoms with Crippen LogP contribution in [0.2, 0.25) is 5.02 Å². The molecule has 1 fully saturated rings. The van der Waals surface area contributed by atoms with Crippen LogP contribution in [0.3, 0.4) is 0 Å². The number of nitrogens with one attached hydrogen (secondary N) is 2. The predicted octanol–water partition coefficient (Wildman–Crippen LogP) is 3.88. The first-order valence-electron chi connectivity index (χ1n) is 12.9. The second kappa shape index (κ2) is 8.36. The Hall–Kier alpha value is -4.77. The maximum atomic E-state index is 13.7. The molecule has 3 aromatic heterocycles. The number of tetrazole rings is 1. The van der Waals surface area contributed by atoms with Crippen molar-refractivity contribution >= 4 is 23.2 Å². The summed E-state index contributed by atoms with van der Waals surface area (Å²) < 4.78 is 9.04. The SMILES string of the molecule is Cc1nc(C2C3CC3c3cc(-c4cc(Cl)ccc4-n4cnnn4)cc(=O)n32)[nH]c1-c1ccc2c(c1)OCC(=O)N2. The highest BCUT2D eigenvalue weighted by Crippen LogP contribution is 2.60. The van der Waals surface area contributed by atoms with Gasteiger partial charge in [-0.15, -0.1) is 5.10 Å². The zero-order valence-corrected chi connectivity index (χ0v) is 21.9. The number of ether oxygens (including phenoxy) is 1. The molecule has 5 aromatic rings. The number of anilines is 1. The number of carbonyl (C=O) groups is 1. The van der Waals surface area contributed by atoms with Crippen LogP contribution < -0.4 is 15.6 Å². The highest BCUT2D eigenvalue weighted by atomic mass is 35.5. The van der Waals surface area contributed by atoms with Gasteiger partial charge in [0.25, 0.3) is 11.5 Å². The number of nitrogens with zero attached hydrogens (tertiary/aromatic N) is 6. The van der Waals surface area contributed by atoms with Crippen molar-refractivity contribution in [3.05, 3.63) is 87.4 Å². The molecule has 2 N–H and O–H groups in total. The molecule has 2 aromatic carbocycles.